The predicted octanol–water partition coefficient (Wildman–Crippen LogP) is 2.69. The summed E-state index contributed by atoms with van der Waals surface area (Å²) in [6.07, 6.45) is 3.47. The summed E-state index contributed by atoms with van der Waals surface area (Å²) in [5, 5.41) is 8.88. The SMILES string of the molecule is CC1(C)[C@H]2CC[C@](C)(OO)[C@H]1C2. The molecule has 0 unspecified atom stereocenters. The van der Waals surface area contributed by atoms with Crippen LogP contribution in [0.2, 0.25) is 0 Å². The second-order valence-corrected chi connectivity index (χ2v) is 5.25. The van der Waals surface area contributed by atoms with E-state index in [0.29, 0.717) is 11.3 Å². The van der Waals surface area contributed by atoms with Gasteiger partial charge in [-0.2, -0.15) is 0 Å². The van der Waals surface area contributed by atoms with Crippen LogP contribution in [0.25, 0.3) is 0 Å². The molecule has 0 spiro atoms. The summed E-state index contributed by atoms with van der Waals surface area (Å²) in [5.74, 6) is 1.42. The normalized spacial score (nSPS) is 50.0. The summed E-state index contributed by atoms with van der Waals surface area (Å²) < 4.78 is 0. The van der Waals surface area contributed by atoms with E-state index in [4.69, 9.17) is 5.26 Å². The monoisotopic (exact) mass is 170 g/mol. The Labute approximate surface area is 73.8 Å². The maximum absolute atomic E-state index is 8.88. The Kier molecular flexibility index (Phi) is 1.59. The molecule has 2 heteroatoms. The maximum atomic E-state index is 8.88. The Bertz CT molecular complexity index is 198. The van der Waals surface area contributed by atoms with Gasteiger partial charge in [0.05, 0.1) is 0 Å². The van der Waals surface area contributed by atoms with Gasteiger partial charge in [-0.05, 0) is 43.4 Å². The summed E-state index contributed by atoms with van der Waals surface area (Å²) in [6, 6.07) is 0. The number of rotatable bonds is 1. The topological polar surface area (TPSA) is 29.5 Å². The van der Waals surface area contributed by atoms with Crippen LogP contribution in [-0.4, -0.2) is 10.9 Å². The Morgan fingerprint density at radius 2 is 2.00 bits per heavy atom. The minimum absolute atomic E-state index is 0.266. The first kappa shape index (κ1) is 8.52. The van der Waals surface area contributed by atoms with E-state index in [9.17, 15) is 0 Å². The molecule has 12 heavy (non-hydrogen) atoms. The first-order chi connectivity index (χ1) is 5.50. The van der Waals surface area contributed by atoms with E-state index in [1.54, 1.807) is 0 Å². The van der Waals surface area contributed by atoms with Crippen molar-refractivity contribution in [3.63, 3.8) is 0 Å². The van der Waals surface area contributed by atoms with Crippen LogP contribution >= 0.6 is 0 Å². The molecule has 0 heterocycles. The Balaban J connectivity index is 2.21. The lowest BCUT2D eigenvalue weighted by molar-refractivity contribution is -0.371. The molecule has 3 rings (SSSR count). The molecule has 2 bridgehead atoms. The van der Waals surface area contributed by atoms with Crippen molar-refractivity contribution in [2.45, 2.75) is 45.6 Å². The average molecular weight is 170 g/mol. The van der Waals surface area contributed by atoms with Crippen LogP contribution in [0.15, 0.2) is 0 Å². The van der Waals surface area contributed by atoms with Crippen LogP contribution in [0.5, 0.6) is 0 Å². The van der Waals surface area contributed by atoms with Gasteiger partial charge in [-0.15, -0.1) is 0 Å². The molecule has 3 fully saturated rings. The third-order valence-corrected chi connectivity index (χ3v) is 4.41. The second-order valence-electron chi connectivity index (χ2n) is 5.25. The van der Waals surface area contributed by atoms with E-state index in [1.807, 2.05) is 6.92 Å². The van der Waals surface area contributed by atoms with E-state index < -0.39 is 0 Å². The molecule has 0 aromatic carbocycles. The van der Waals surface area contributed by atoms with Gasteiger partial charge < -0.3 is 0 Å². The Hall–Kier alpha value is -0.0800. The van der Waals surface area contributed by atoms with Crippen molar-refractivity contribution >= 4 is 0 Å². The molecular formula is C10H18O2. The Morgan fingerprint density at radius 3 is 2.33 bits per heavy atom. The van der Waals surface area contributed by atoms with E-state index in [-0.39, 0.29) is 5.60 Å². The van der Waals surface area contributed by atoms with Gasteiger partial charge in [0, 0.05) is 0 Å². The van der Waals surface area contributed by atoms with Crippen molar-refractivity contribution in [3.05, 3.63) is 0 Å². The fraction of sp³-hybridized carbons (Fsp3) is 1.00. The van der Waals surface area contributed by atoms with Gasteiger partial charge in [-0.1, -0.05) is 13.8 Å². The van der Waals surface area contributed by atoms with E-state index >= 15 is 0 Å². The van der Waals surface area contributed by atoms with Crippen molar-refractivity contribution in [3.8, 4) is 0 Å². The third-order valence-electron chi connectivity index (χ3n) is 4.41. The minimum Gasteiger partial charge on any atom is -0.251 e. The lowest BCUT2D eigenvalue weighted by Crippen LogP contribution is -2.60. The van der Waals surface area contributed by atoms with Crippen molar-refractivity contribution in [2.24, 2.45) is 17.3 Å². The molecule has 3 saturated carbocycles. The maximum Gasteiger partial charge on any atom is 0.104 e. The molecule has 3 atom stereocenters. The van der Waals surface area contributed by atoms with E-state index in [1.165, 1.54) is 12.8 Å². The van der Waals surface area contributed by atoms with Crippen LogP contribution in [0.1, 0.15) is 40.0 Å². The standard InChI is InChI=1S/C10H18O2/c1-9(2)7-4-5-10(3,12-11)8(9)6-7/h7-8,11H,4-6H2,1-3H3/t7-,8-,10-/m0/s1. The molecule has 2 nitrogen and oxygen atoms in total. The van der Waals surface area contributed by atoms with Crippen LogP contribution in [-0.2, 0) is 4.89 Å². The summed E-state index contributed by atoms with van der Waals surface area (Å²) in [7, 11) is 0. The van der Waals surface area contributed by atoms with Crippen LogP contribution < -0.4 is 0 Å². The first-order valence-electron chi connectivity index (χ1n) is 4.83. The van der Waals surface area contributed by atoms with Gasteiger partial charge in [-0.25, -0.2) is 4.89 Å². The van der Waals surface area contributed by atoms with Crippen molar-refractivity contribution in [2.75, 3.05) is 0 Å². The zero-order chi connectivity index (χ0) is 8.98. The second kappa shape index (κ2) is 2.24. The summed E-state index contributed by atoms with van der Waals surface area (Å²) in [5.41, 5.74) is 0.119. The fourth-order valence-electron chi connectivity index (χ4n) is 3.29. The van der Waals surface area contributed by atoms with Gasteiger partial charge in [0.2, 0.25) is 0 Å². The third kappa shape index (κ3) is 0.826. The fourth-order valence-corrected chi connectivity index (χ4v) is 3.29. The van der Waals surface area contributed by atoms with Crippen molar-refractivity contribution in [1.29, 1.82) is 0 Å². The van der Waals surface area contributed by atoms with Gasteiger partial charge >= 0.3 is 0 Å². The van der Waals surface area contributed by atoms with E-state index in [2.05, 4.69) is 18.7 Å². The van der Waals surface area contributed by atoms with Gasteiger partial charge in [0.15, 0.2) is 0 Å². The molecule has 0 aromatic rings. The lowest BCUT2D eigenvalue weighted by Gasteiger charge is -2.62. The van der Waals surface area contributed by atoms with Gasteiger partial charge in [0.1, 0.15) is 5.60 Å². The zero-order valence-electron chi connectivity index (χ0n) is 8.13. The highest BCUT2D eigenvalue weighted by molar-refractivity contribution is 5.09. The molecule has 0 amide bonds. The molecule has 0 saturated heterocycles. The van der Waals surface area contributed by atoms with Gasteiger partial charge in [-0.3, -0.25) is 5.26 Å². The smallest absolute Gasteiger partial charge is 0.104 e. The number of hydrogen-bond acceptors (Lipinski definition) is 2. The number of fused-ring (bicyclic) bond motifs is 2. The molecule has 0 aromatic heterocycles. The molecule has 0 aliphatic heterocycles. The summed E-state index contributed by atoms with van der Waals surface area (Å²) >= 11 is 0. The Morgan fingerprint density at radius 1 is 1.33 bits per heavy atom. The van der Waals surface area contributed by atoms with Crippen LogP contribution in [0, 0.1) is 17.3 Å². The predicted molar refractivity (Wildman–Crippen MR) is 46.7 cm³/mol. The minimum atomic E-state index is -0.266. The highest BCUT2D eigenvalue weighted by Crippen LogP contribution is 2.63. The highest BCUT2D eigenvalue weighted by atomic mass is 17.1. The molecule has 3 aliphatic rings. The molecule has 3 aliphatic carbocycles. The number of hydrogen-bond donors (Lipinski definition) is 1. The first-order valence-corrected chi connectivity index (χ1v) is 4.83. The molecule has 1 N–H and O–H groups in total. The average Bonchev–Trinajstić information content (AvgIpc) is 2.04. The van der Waals surface area contributed by atoms with Crippen LogP contribution in [0.4, 0.5) is 0 Å². The molecular weight excluding hydrogens is 152 g/mol. The molecule has 0 radical (unpaired) electrons. The van der Waals surface area contributed by atoms with E-state index in [0.717, 1.165) is 12.3 Å². The zero-order valence-corrected chi connectivity index (χ0v) is 8.13. The van der Waals surface area contributed by atoms with Gasteiger partial charge in [0.25, 0.3) is 0 Å². The van der Waals surface area contributed by atoms with Crippen molar-refractivity contribution in [1.82, 2.24) is 0 Å². The lowest BCUT2D eigenvalue weighted by atomic mass is 9.44. The quantitative estimate of drug-likeness (QED) is 0.484. The summed E-state index contributed by atoms with van der Waals surface area (Å²) in [6.45, 7) is 6.62. The van der Waals surface area contributed by atoms with Crippen molar-refractivity contribution < 1.29 is 10.1 Å². The largest absolute Gasteiger partial charge is 0.251 e. The highest BCUT2D eigenvalue weighted by Gasteiger charge is 2.60. The molecule has 70 valence electrons. The van der Waals surface area contributed by atoms with Crippen LogP contribution in [0.3, 0.4) is 0 Å². The summed E-state index contributed by atoms with van der Waals surface area (Å²) in [4.78, 5) is 4.66.